The molecule has 0 unspecified atom stereocenters. The van der Waals surface area contributed by atoms with Gasteiger partial charge in [-0.15, -0.1) is 0 Å². The highest BCUT2D eigenvalue weighted by molar-refractivity contribution is 7.92. The highest BCUT2D eigenvalue weighted by Gasteiger charge is 2.25. The summed E-state index contributed by atoms with van der Waals surface area (Å²) in [6.45, 7) is 2.64. The minimum Gasteiger partial charge on any atom is -0.465 e. The lowest BCUT2D eigenvalue weighted by atomic mass is 10.0. The second-order valence-electron chi connectivity index (χ2n) is 12.2. The summed E-state index contributed by atoms with van der Waals surface area (Å²) >= 11 is 0. The predicted octanol–water partition coefficient (Wildman–Crippen LogP) is 7.95. The summed E-state index contributed by atoms with van der Waals surface area (Å²) in [5, 5.41) is 13.4. The van der Waals surface area contributed by atoms with E-state index in [0.29, 0.717) is 52.4 Å². The number of carboxylic acid groups (broad SMARTS) is 1. The van der Waals surface area contributed by atoms with Gasteiger partial charge in [0.05, 0.1) is 21.8 Å². The molecule has 4 aromatic carbocycles. The van der Waals surface area contributed by atoms with Gasteiger partial charge in [-0.05, 0) is 78.9 Å². The Morgan fingerprint density at radius 3 is 2.45 bits per heavy atom. The summed E-state index contributed by atoms with van der Waals surface area (Å²) in [6, 6.07) is 27.2. The second-order valence-corrected chi connectivity index (χ2v) is 13.8. The number of anilines is 2. The number of aryl methyl sites for hydroxylation is 1. The number of halogens is 1. The van der Waals surface area contributed by atoms with E-state index in [1.54, 1.807) is 60.9 Å². The Bertz CT molecular complexity index is 2340. The first-order chi connectivity index (χ1) is 24.7. The fourth-order valence-electron chi connectivity index (χ4n) is 6.14. The Labute approximate surface area is 293 Å². The van der Waals surface area contributed by atoms with Crippen LogP contribution in [0.15, 0.2) is 114 Å². The summed E-state index contributed by atoms with van der Waals surface area (Å²) in [5.41, 5.74) is 3.36. The van der Waals surface area contributed by atoms with Gasteiger partial charge in [-0.1, -0.05) is 54.6 Å². The molecule has 13 heteroatoms. The largest absolute Gasteiger partial charge is 0.465 e. The van der Waals surface area contributed by atoms with Crippen molar-refractivity contribution in [3.05, 3.63) is 121 Å². The number of pyridine rings is 1. The van der Waals surface area contributed by atoms with Gasteiger partial charge in [0, 0.05) is 42.3 Å². The van der Waals surface area contributed by atoms with E-state index in [2.05, 4.69) is 25.0 Å². The highest BCUT2D eigenvalue weighted by Crippen LogP contribution is 2.40. The summed E-state index contributed by atoms with van der Waals surface area (Å²) < 4.78 is 51.4. The van der Waals surface area contributed by atoms with Crippen molar-refractivity contribution < 1.29 is 27.4 Å². The van der Waals surface area contributed by atoms with Gasteiger partial charge in [-0.25, -0.2) is 32.6 Å². The molecule has 1 saturated heterocycles. The first-order valence-corrected chi connectivity index (χ1v) is 17.8. The number of piperidine rings is 1. The van der Waals surface area contributed by atoms with Crippen LogP contribution in [-0.4, -0.2) is 58.6 Å². The van der Waals surface area contributed by atoms with E-state index in [0.717, 1.165) is 24.0 Å². The van der Waals surface area contributed by atoms with E-state index < -0.39 is 21.9 Å². The number of benzene rings is 4. The molecule has 3 N–H and O–H groups in total. The molecule has 1 atom stereocenters. The van der Waals surface area contributed by atoms with Crippen LogP contribution in [0.25, 0.3) is 33.2 Å². The van der Waals surface area contributed by atoms with Crippen molar-refractivity contribution >= 4 is 38.5 Å². The van der Waals surface area contributed by atoms with Gasteiger partial charge >= 0.3 is 6.09 Å². The number of ether oxygens (including phenoxy) is 1. The molecule has 6 aromatic rings. The Hall–Kier alpha value is -6.08. The fourth-order valence-corrected chi connectivity index (χ4v) is 7.23. The molecule has 0 bridgehead atoms. The van der Waals surface area contributed by atoms with Crippen molar-refractivity contribution in [2.75, 3.05) is 23.1 Å². The van der Waals surface area contributed by atoms with E-state index in [1.807, 2.05) is 37.3 Å². The van der Waals surface area contributed by atoms with Crippen LogP contribution in [0.2, 0.25) is 0 Å². The number of hydrogen-bond donors (Lipinski definition) is 3. The van der Waals surface area contributed by atoms with Crippen LogP contribution in [0.1, 0.15) is 18.4 Å². The topological polar surface area (TPSA) is 147 Å². The smallest absolute Gasteiger partial charge is 0.407 e. The SMILES string of the molecule is Cc1ccc2c(NS(=O)(=O)c3ccc(-c4ccccc4)cc3)c(F)ccc2c1Oc1ncccc1-c1ccnc(N[C@H]2CCCN(C(=O)O)C2)n1. The van der Waals surface area contributed by atoms with E-state index in [9.17, 15) is 18.3 Å². The van der Waals surface area contributed by atoms with Gasteiger partial charge in [-0.2, -0.15) is 0 Å². The molecule has 258 valence electrons. The number of carbonyl (C=O) groups is 1. The van der Waals surface area contributed by atoms with Crippen LogP contribution >= 0.6 is 0 Å². The summed E-state index contributed by atoms with van der Waals surface area (Å²) in [5.74, 6) is 0.176. The number of nitrogens with zero attached hydrogens (tertiary/aromatic N) is 4. The highest BCUT2D eigenvalue weighted by atomic mass is 32.2. The maximum atomic E-state index is 15.4. The lowest BCUT2D eigenvalue weighted by Gasteiger charge is -2.31. The summed E-state index contributed by atoms with van der Waals surface area (Å²) in [4.78, 5) is 26.3. The first kappa shape index (κ1) is 33.4. The number of amides is 1. The first-order valence-electron chi connectivity index (χ1n) is 16.3. The lowest BCUT2D eigenvalue weighted by Crippen LogP contribution is -2.44. The maximum Gasteiger partial charge on any atom is 0.407 e. The van der Waals surface area contributed by atoms with Gasteiger partial charge in [-0.3, -0.25) is 4.72 Å². The Kier molecular flexibility index (Phi) is 9.20. The van der Waals surface area contributed by atoms with E-state index in [-0.39, 0.29) is 22.5 Å². The quantitative estimate of drug-likeness (QED) is 0.136. The number of nitrogens with one attached hydrogen (secondary N) is 2. The van der Waals surface area contributed by atoms with E-state index in [4.69, 9.17) is 4.74 Å². The molecule has 7 rings (SSSR count). The molecular formula is C38H33FN6O5S. The van der Waals surface area contributed by atoms with E-state index in [1.165, 1.54) is 23.1 Å². The molecule has 1 amide bonds. The van der Waals surface area contributed by atoms with E-state index >= 15 is 4.39 Å². The average molecular weight is 705 g/mol. The summed E-state index contributed by atoms with van der Waals surface area (Å²) in [6.07, 6.45) is 3.71. The van der Waals surface area contributed by atoms with Crippen LogP contribution in [-0.2, 0) is 10.0 Å². The molecule has 51 heavy (non-hydrogen) atoms. The normalized spacial score (nSPS) is 14.6. The zero-order chi connectivity index (χ0) is 35.5. The second kappa shape index (κ2) is 14.0. The van der Waals surface area contributed by atoms with Crippen molar-refractivity contribution in [2.45, 2.75) is 30.7 Å². The number of hydrogen-bond acceptors (Lipinski definition) is 8. The molecule has 0 spiro atoms. The number of rotatable bonds is 9. The third-order valence-electron chi connectivity index (χ3n) is 8.73. The molecule has 2 aromatic heterocycles. The number of aromatic nitrogens is 3. The minimum atomic E-state index is -4.17. The number of fused-ring (bicyclic) bond motifs is 1. The molecule has 1 aliphatic rings. The van der Waals surface area contributed by atoms with Crippen LogP contribution in [0.5, 0.6) is 11.6 Å². The molecule has 1 aliphatic heterocycles. The Morgan fingerprint density at radius 1 is 0.902 bits per heavy atom. The molecule has 0 aliphatic carbocycles. The van der Waals surface area contributed by atoms with Gasteiger partial charge in [0.25, 0.3) is 10.0 Å². The Balaban J connectivity index is 1.18. The molecule has 3 heterocycles. The average Bonchev–Trinajstić information content (AvgIpc) is 3.14. The summed E-state index contributed by atoms with van der Waals surface area (Å²) in [7, 11) is -4.17. The zero-order valence-electron chi connectivity index (χ0n) is 27.5. The maximum absolute atomic E-state index is 15.4. The van der Waals surface area contributed by atoms with Crippen LogP contribution in [0, 0.1) is 12.7 Å². The third-order valence-corrected chi connectivity index (χ3v) is 10.1. The van der Waals surface area contributed by atoms with Gasteiger partial charge in [0.2, 0.25) is 11.8 Å². The molecule has 0 saturated carbocycles. The molecule has 1 fully saturated rings. The van der Waals surface area contributed by atoms with Crippen LogP contribution in [0.4, 0.5) is 20.8 Å². The predicted molar refractivity (Wildman–Crippen MR) is 193 cm³/mol. The van der Waals surface area contributed by atoms with Crippen molar-refractivity contribution in [1.29, 1.82) is 0 Å². The standard InChI is InChI=1S/C38H33FN6O5S/c1-24-11-16-29-30(17-18-32(39)34(29)44-51(48,49)28-14-12-26(13-15-28)25-7-3-2-4-8-25)35(24)50-36-31(10-5-20-40-36)33-19-21-41-37(43-33)42-27-9-6-22-45(23-27)38(46)47/h2-5,7-8,10-21,27,44H,6,9,22-23H2,1H3,(H,46,47)(H,41,42,43)/t27-/m0/s1. The molecule has 0 radical (unpaired) electrons. The van der Waals surface area contributed by atoms with Gasteiger partial charge in [0.1, 0.15) is 11.6 Å². The van der Waals surface area contributed by atoms with Crippen LogP contribution < -0.4 is 14.8 Å². The van der Waals surface area contributed by atoms with Gasteiger partial charge < -0.3 is 20.1 Å². The van der Waals surface area contributed by atoms with Crippen molar-refractivity contribution in [1.82, 2.24) is 19.9 Å². The monoisotopic (exact) mass is 704 g/mol. The molecule has 11 nitrogen and oxygen atoms in total. The van der Waals surface area contributed by atoms with Crippen molar-refractivity contribution in [3.63, 3.8) is 0 Å². The van der Waals surface area contributed by atoms with Gasteiger partial charge in [0.15, 0.2) is 0 Å². The number of sulfonamides is 1. The third kappa shape index (κ3) is 7.15. The Morgan fingerprint density at radius 2 is 1.67 bits per heavy atom. The minimum absolute atomic E-state index is 0.0123. The van der Waals surface area contributed by atoms with Crippen molar-refractivity contribution in [3.8, 4) is 34.0 Å². The lowest BCUT2D eigenvalue weighted by molar-refractivity contribution is 0.132. The van der Waals surface area contributed by atoms with Crippen molar-refractivity contribution in [2.24, 2.45) is 0 Å². The fraction of sp³-hybridized carbons (Fsp3) is 0.158. The molecular weight excluding hydrogens is 672 g/mol. The zero-order valence-corrected chi connectivity index (χ0v) is 28.3. The van der Waals surface area contributed by atoms with Crippen LogP contribution in [0.3, 0.4) is 0 Å². The number of likely N-dealkylation sites (tertiary alicyclic amines) is 1.